The number of hydrogen-bond acceptors (Lipinski definition) is 5. The van der Waals surface area contributed by atoms with E-state index in [2.05, 4.69) is 56.4 Å². The molecule has 4 rings (SSSR count). The Labute approximate surface area is 202 Å². The summed E-state index contributed by atoms with van der Waals surface area (Å²) in [7, 11) is 0. The van der Waals surface area contributed by atoms with Crippen LogP contribution in [0.25, 0.3) is 0 Å². The monoisotopic (exact) mass is 544 g/mol. The Bertz CT molecular complexity index is 704. The molecule has 1 N–H and O–H groups in total. The standard InChI is InChI=1S/C22H36N6S.HI/c1-3-23-22(28-13-8-21(16-28)27-9-4-5-10-27)24-14-19-6-11-26(12-7-19)15-20-17-29-18(2)25-20;/h4-5,17,19,21H,3,6-16H2,1-2H3,(H,23,24);1H. The minimum absolute atomic E-state index is 0. The van der Waals surface area contributed by atoms with Gasteiger partial charge in [0, 0.05) is 57.2 Å². The van der Waals surface area contributed by atoms with E-state index in [0.29, 0.717) is 12.0 Å². The van der Waals surface area contributed by atoms with Crippen molar-refractivity contribution in [1.29, 1.82) is 0 Å². The summed E-state index contributed by atoms with van der Waals surface area (Å²) < 4.78 is 0. The van der Waals surface area contributed by atoms with Gasteiger partial charge < -0.3 is 10.2 Å². The Morgan fingerprint density at radius 2 is 1.97 bits per heavy atom. The van der Waals surface area contributed by atoms with Crippen LogP contribution in [-0.2, 0) is 6.54 Å². The number of thiazole rings is 1. The lowest BCUT2D eigenvalue weighted by Crippen LogP contribution is -2.43. The number of nitrogens with zero attached hydrogens (tertiary/aromatic N) is 5. The quantitative estimate of drug-likeness (QED) is 0.258. The number of aromatic nitrogens is 1. The molecule has 0 radical (unpaired) electrons. The van der Waals surface area contributed by atoms with Gasteiger partial charge in [-0.1, -0.05) is 12.2 Å². The molecule has 1 atom stereocenters. The first kappa shape index (κ1) is 23.9. The van der Waals surface area contributed by atoms with Crippen molar-refractivity contribution in [2.75, 3.05) is 52.4 Å². The summed E-state index contributed by atoms with van der Waals surface area (Å²) in [5, 5.41) is 6.92. The summed E-state index contributed by atoms with van der Waals surface area (Å²) in [6, 6.07) is 0.673. The van der Waals surface area contributed by atoms with Crippen molar-refractivity contribution in [3.05, 3.63) is 28.2 Å². The van der Waals surface area contributed by atoms with Gasteiger partial charge in [0.15, 0.2) is 5.96 Å². The van der Waals surface area contributed by atoms with Crippen molar-refractivity contribution >= 4 is 41.3 Å². The normalized spacial score (nSPS) is 23.9. The zero-order chi connectivity index (χ0) is 20.1. The van der Waals surface area contributed by atoms with Gasteiger partial charge in [-0.25, -0.2) is 4.98 Å². The molecule has 2 saturated heterocycles. The molecule has 0 aromatic carbocycles. The third-order valence-corrected chi connectivity index (χ3v) is 7.24. The van der Waals surface area contributed by atoms with Crippen molar-refractivity contribution in [3.63, 3.8) is 0 Å². The number of halogens is 1. The van der Waals surface area contributed by atoms with E-state index in [9.17, 15) is 0 Å². The maximum Gasteiger partial charge on any atom is 0.193 e. The van der Waals surface area contributed by atoms with Crippen LogP contribution in [0.1, 0.15) is 36.9 Å². The number of piperidine rings is 1. The first-order valence-corrected chi connectivity index (χ1v) is 12.1. The van der Waals surface area contributed by atoms with E-state index >= 15 is 0 Å². The predicted octanol–water partition coefficient (Wildman–Crippen LogP) is 3.19. The highest BCUT2D eigenvalue weighted by Gasteiger charge is 2.29. The average Bonchev–Trinajstić information content (AvgIpc) is 3.48. The Morgan fingerprint density at radius 1 is 1.20 bits per heavy atom. The second-order valence-electron chi connectivity index (χ2n) is 8.59. The molecule has 4 heterocycles. The van der Waals surface area contributed by atoms with Crippen molar-refractivity contribution in [3.8, 4) is 0 Å². The molecule has 30 heavy (non-hydrogen) atoms. The van der Waals surface area contributed by atoms with Crippen LogP contribution in [0.2, 0.25) is 0 Å². The van der Waals surface area contributed by atoms with Crippen LogP contribution in [-0.4, -0.2) is 84.0 Å². The summed E-state index contributed by atoms with van der Waals surface area (Å²) in [6.07, 6.45) is 8.33. The number of likely N-dealkylation sites (tertiary alicyclic amines) is 2. The van der Waals surface area contributed by atoms with Gasteiger partial charge in [0.25, 0.3) is 0 Å². The number of aliphatic imine (C=N–C) groups is 1. The van der Waals surface area contributed by atoms with Crippen molar-refractivity contribution in [2.45, 2.75) is 45.7 Å². The molecule has 2 fully saturated rings. The molecule has 0 spiro atoms. The molecule has 8 heteroatoms. The van der Waals surface area contributed by atoms with Gasteiger partial charge in [-0.3, -0.25) is 14.8 Å². The molecule has 6 nitrogen and oxygen atoms in total. The van der Waals surface area contributed by atoms with Crippen LogP contribution in [0.5, 0.6) is 0 Å². The number of hydrogen-bond donors (Lipinski definition) is 1. The van der Waals surface area contributed by atoms with E-state index in [1.165, 1.54) is 43.1 Å². The minimum atomic E-state index is 0. The molecule has 1 unspecified atom stereocenters. The van der Waals surface area contributed by atoms with Gasteiger partial charge in [-0.15, -0.1) is 35.3 Å². The lowest BCUT2D eigenvalue weighted by Gasteiger charge is -2.31. The third kappa shape index (κ3) is 6.40. The molecule has 0 bridgehead atoms. The van der Waals surface area contributed by atoms with Crippen molar-refractivity contribution in [1.82, 2.24) is 25.0 Å². The highest BCUT2D eigenvalue weighted by atomic mass is 127. The van der Waals surface area contributed by atoms with Crippen LogP contribution in [0.3, 0.4) is 0 Å². The molecule has 3 aliphatic heterocycles. The Morgan fingerprint density at radius 3 is 2.63 bits per heavy atom. The molecule has 3 aliphatic rings. The van der Waals surface area contributed by atoms with E-state index < -0.39 is 0 Å². The average molecular weight is 545 g/mol. The summed E-state index contributed by atoms with van der Waals surface area (Å²) in [5.41, 5.74) is 1.23. The summed E-state index contributed by atoms with van der Waals surface area (Å²) in [4.78, 5) is 17.3. The number of rotatable bonds is 6. The van der Waals surface area contributed by atoms with Gasteiger partial charge in [-0.2, -0.15) is 0 Å². The smallest absolute Gasteiger partial charge is 0.193 e. The number of aryl methyl sites for hydroxylation is 1. The lowest BCUT2D eigenvalue weighted by molar-refractivity contribution is 0.179. The van der Waals surface area contributed by atoms with E-state index in [1.807, 2.05) is 0 Å². The molecular formula is C22H37IN6S. The van der Waals surface area contributed by atoms with Crippen molar-refractivity contribution in [2.24, 2.45) is 10.9 Å². The first-order chi connectivity index (χ1) is 14.2. The van der Waals surface area contributed by atoms with Crippen LogP contribution < -0.4 is 5.32 Å². The van der Waals surface area contributed by atoms with Gasteiger partial charge in [0.1, 0.15) is 0 Å². The predicted molar refractivity (Wildman–Crippen MR) is 137 cm³/mol. The van der Waals surface area contributed by atoms with Gasteiger partial charge in [0.2, 0.25) is 0 Å². The molecule has 1 aromatic heterocycles. The summed E-state index contributed by atoms with van der Waals surface area (Å²) in [6.45, 7) is 14.0. The fraction of sp³-hybridized carbons (Fsp3) is 0.727. The first-order valence-electron chi connectivity index (χ1n) is 11.3. The van der Waals surface area contributed by atoms with Gasteiger partial charge in [0.05, 0.1) is 10.7 Å². The fourth-order valence-electron chi connectivity index (χ4n) is 4.70. The topological polar surface area (TPSA) is 47.0 Å². The van der Waals surface area contributed by atoms with Crippen LogP contribution >= 0.6 is 35.3 Å². The molecular weight excluding hydrogens is 507 g/mol. The molecule has 0 aliphatic carbocycles. The SMILES string of the molecule is CCNC(=NCC1CCN(Cc2csc(C)n2)CC1)N1CCC(N2CC=CC2)C1.I. The maximum absolute atomic E-state index is 5.06. The molecule has 0 saturated carbocycles. The second kappa shape index (κ2) is 11.8. The number of guanidine groups is 1. The van der Waals surface area contributed by atoms with Crippen molar-refractivity contribution < 1.29 is 0 Å². The zero-order valence-corrected chi connectivity index (χ0v) is 21.6. The highest BCUT2D eigenvalue weighted by Crippen LogP contribution is 2.21. The summed E-state index contributed by atoms with van der Waals surface area (Å²) >= 11 is 1.76. The van der Waals surface area contributed by atoms with Gasteiger partial charge >= 0.3 is 0 Å². The largest absolute Gasteiger partial charge is 0.357 e. The Kier molecular flexibility index (Phi) is 9.40. The fourth-order valence-corrected chi connectivity index (χ4v) is 5.31. The van der Waals surface area contributed by atoms with E-state index in [0.717, 1.165) is 51.8 Å². The van der Waals surface area contributed by atoms with E-state index in [1.54, 1.807) is 11.3 Å². The van der Waals surface area contributed by atoms with Crippen LogP contribution in [0.15, 0.2) is 22.5 Å². The lowest BCUT2D eigenvalue weighted by atomic mass is 9.97. The highest BCUT2D eigenvalue weighted by molar-refractivity contribution is 14.0. The third-order valence-electron chi connectivity index (χ3n) is 6.42. The van der Waals surface area contributed by atoms with E-state index in [4.69, 9.17) is 4.99 Å². The Hall–Kier alpha value is -0.710. The number of nitrogens with one attached hydrogen (secondary N) is 1. The van der Waals surface area contributed by atoms with Crippen LogP contribution in [0, 0.1) is 12.8 Å². The molecule has 168 valence electrons. The maximum atomic E-state index is 5.06. The summed E-state index contributed by atoms with van der Waals surface area (Å²) in [5.74, 6) is 1.83. The molecule has 1 aromatic rings. The van der Waals surface area contributed by atoms with Gasteiger partial charge in [-0.05, 0) is 52.1 Å². The molecule has 0 amide bonds. The zero-order valence-electron chi connectivity index (χ0n) is 18.4. The Balaban J connectivity index is 0.00000256. The van der Waals surface area contributed by atoms with Crippen LogP contribution in [0.4, 0.5) is 0 Å². The second-order valence-corrected chi connectivity index (χ2v) is 9.65. The minimum Gasteiger partial charge on any atom is -0.357 e. The van der Waals surface area contributed by atoms with E-state index in [-0.39, 0.29) is 24.0 Å².